The van der Waals surface area contributed by atoms with E-state index in [2.05, 4.69) is 13.2 Å². The number of thioether (sulfide) groups is 1. The van der Waals surface area contributed by atoms with E-state index in [4.69, 9.17) is 4.74 Å². The second kappa shape index (κ2) is 8.31. The summed E-state index contributed by atoms with van der Waals surface area (Å²) in [6.45, 7) is 4.04. The molecule has 0 amide bonds. The predicted octanol–water partition coefficient (Wildman–Crippen LogP) is 2.17. The minimum atomic E-state index is 0.918. The van der Waals surface area contributed by atoms with Crippen LogP contribution in [0.3, 0.4) is 0 Å². The van der Waals surface area contributed by atoms with E-state index in [0.717, 1.165) is 19.0 Å². The Labute approximate surface area is 62.2 Å². The van der Waals surface area contributed by atoms with Gasteiger partial charge in [0.1, 0.15) is 0 Å². The molecule has 0 aromatic heterocycles. The van der Waals surface area contributed by atoms with Crippen molar-refractivity contribution in [2.24, 2.45) is 0 Å². The lowest BCUT2D eigenvalue weighted by Gasteiger charge is -1.99. The first-order valence-electron chi connectivity index (χ1n) is 3.48. The molecule has 0 aromatic carbocycles. The zero-order chi connectivity index (χ0) is 6.95. The first-order valence-corrected chi connectivity index (χ1v) is 4.88. The fourth-order valence-electron chi connectivity index (χ4n) is 0.491. The van der Waals surface area contributed by atoms with Crippen LogP contribution in [-0.2, 0) is 4.74 Å². The summed E-state index contributed by atoms with van der Waals surface area (Å²) in [5.41, 5.74) is 0. The zero-order valence-electron chi connectivity index (χ0n) is 6.35. The predicted molar refractivity (Wildman–Crippen MR) is 44.1 cm³/mol. The summed E-state index contributed by atoms with van der Waals surface area (Å²) in [5, 5.41) is 0. The van der Waals surface area contributed by atoms with E-state index in [1.807, 2.05) is 11.8 Å². The van der Waals surface area contributed by atoms with E-state index in [1.54, 1.807) is 0 Å². The number of hydrogen-bond donors (Lipinski definition) is 0. The molecule has 1 nitrogen and oxygen atoms in total. The van der Waals surface area contributed by atoms with Crippen LogP contribution in [0.5, 0.6) is 0 Å². The molecule has 0 heterocycles. The van der Waals surface area contributed by atoms with Crippen LogP contribution in [0.4, 0.5) is 0 Å². The van der Waals surface area contributed by atoms with Crippen molar-refractivity contribution >= 4 is 11.8 Å². The highest BCUT2D eigenvalue weighted by Gasteiger charge is 1.84. The van der Waals surface area contributed by atoms with E-state index < -0.39 is 0 Å². The molecular formula is C7H16OS. The van der Waals surface area contributed by atoms with E-state index in [0.29, 0.717) is 0 Å². The monoisotopic (exact) mass is 148 g/mol. The van der Waals surface area contributed by atoms with Gasteiger partial charge in [0.2, 0.25) is 0 Å². The Morgan fingerprint density at radius 3 is 2.67 bits per heavy atom. The Bertz CT molecular complexity index is 42.2. The van der Waals surface area contributed by atoms with Gasteiger partial charge in [-0.15, -0.1) is 0 Å². The molecule has 9 heavy (non-hydrogen) atoms. The molecule has 0 saturated heterocycles. The number of ether oxygens (including phenoxy) is 1. The molecule has 0 rings (SSSR count). The summed E-state index contributed by atoms with van der Waals surface area (Å²) < 4.78 is 5.29. The molecule has 0 N–H and O–H groups in total. The Hall–Kier alpha value is 0.310. The highest BCUT2D eigenvalue weighted by Crippen LogP contribution is 1.92. The topological polar surface area (TPSA) is 9.23 Å². The summed E-state index contributed by atoms with van der Waals surface area (Å²) >= 11 is 1.83. The average Bonchev–Trinajstić information content (AvgIpc) is 1.89. The Morgan fingerprint density at radius 1 is 1.33 bits per heavy atom. The highest BCUT2D eigenvalue weighted by molar-refractivity contribution is 7.98. The molecule has 2 heteroatoms. The van der Waals surface area contributed by atoms with Crippen LogP contribution in [0.25, 0.3) is 0 Å². The molecule has 0 radical (unpaired) electrons. The summed E-state index contributed by atoms with van der Waals surface area (Å²) in [6.07, 6.45) is 4.54. The number of hydrogen-bond acceptors (Lipinski definition) is 2. The van der Waals surface area contributed by atoms with Gasteiger partial charge in [-0.2, -0.15) is 11.8 Å². The van der Waals surface area contributed by atoms with Crippen molar-refractivity contribution in [2.75, 3.05) is 25.2 Å². The number of unbranched alkanes of at least 4 members (excludes halogenated alkanes) is 1. The van der Waals surface area contributed by atoms with E-state index >= 15 is 0 Å². The second-order valence-electron chi connectivity index (χ2n) is 1.96. The van der Waals surface area contributed by atoms with Gasteiger partial charge in [-0.05, 0) is 12.7 Å². The fraction of sp³-hybridized carbons (Fsp3) is 1.00. The summed E-state index contributed by atoms with van der Waals surface area (Å²) in [4.78, 5) is 0. The van der Waals surface area contributed by atoms with Gasteiger partial charge in [0, 0.05) is 12.4 Å². The van der Waals surface area contributed by atoms with E-state index in [9.17, 15) is 0 Å². The van der Waals surface area contributed by atoms with Crippen molar-refractivity contribution in [1.29, 1.82) is 0 Å². The lowest BCUT2D eigenvalue weighted by Crippen LogP contribution is -1.97. The van der Waals surface area contributed by atoms with Crippen LogP contribution in [0, 0.1) is 0 Å². The smallest absolute Gasteiger partial charge is 0.0556 e. The Morgan fingerprint density at radius 2 is 2.11 bits per heavy atom. The first-order chi connectivity index (χ1) is 4.41. The first kappa shape index (κ1) is 9.31. The van der Waals surface area contributed by atoms with Gasteiger partial charge in [-0.3, -0.25) is 0 Å². The molecule has 0 unspecified atom stereocenters. The van der Waals surface area contributed by atoms with Crippen LogP contribution in [0.15, 0.2) is 0 Å². The molecule has 0 saturated carbocycles. The van der Waals surface area contributed by atoms with Crippen LogP contribution in [0.1, 0.15) is 19.8 Å². The molecule has 0 aliphatic heterocycles. The highest BCUT2D eigenvalue weighted by atomic mass is 32.2. The molecule has 0 aliphatic rings. The Balaban J connectivity index is 2.60. The quantitative estimate of drug-likeness (QED) is 0.534. The van der Waals surface area contributed by atoms with Crippen LogP contribution in [0.2, 0.25) is 0 Å². The van der Waals surface area contributed by atoms with Crippen molar-refractivity contribution in [1.82, 2.24) is 0 Å². The second-order valence-corrected chi connectivity index (χ2v) is 2.94. The summed E-state index contributed by atoms with van der Waals surface area (Å²) in [7, 11) is 0. The average molecular weight is 148 g/mol. The van der Waals surface area contributed by atoms with Gasteiger partial charge >= 0.3 is 0 Å². The maximum atomic E-state index is 5.29. The maximum Gasteiger partial charge on any atom is 0.0556 e. The van der Waals surface area contributed by atoms with Crippen LogP contribution < -0.4 is 0 Å². The summed E-state index contributed by atoms with van der Waals surface area (Å²) in [6, 6.07) is 0. The molecule has 0 atom stereocenters. The molecule has 0 fully saturated rings. The minimum absolute atomic E-state index is 0.918. The minimum Gasteiger partial charge on any atom is -0.381 e. The lowest BCUT2D eigenvalue weighted by atomic mass is 10.4. The third kappa shape index (κ3) is 8.31. The number of rotatable bonds is 6. The van der Waals surface area contributed by atoms with Crippen molar-refractivity contribution in [3.8, 4) is 0 Å². The largest absolute Gasteiger partial charge is 0.381 e. The van der Waals surface area contributed by atoms with Crippen LogP contribution >= 0.6 is 11.8 Å². The molecule has 0 bridgehead atoms. The maximum absolute atomic E-state index is 5.29. The van der Waals surface area contributed by atoms with Gasteiger partial charge < -0.3 is 4.74 Å². The fourth-order valence-corrected chi connectivity index (χ4v) is 0.775. The van der Waals surface area contributed by atoms with Gasteiger partial charge in [0.25, 0.3) is 0 Å². The molecular weight excluding hydrogens is 132 g/mol. The lowest BCUT2D eigenvalue weighted by molar-refractivity contribution is 0.147. The van der Waals surface area contributed by atoms with E-state index in [-0.39, 0.29) is 0 Å². The van der Waals surface area contributed by atoms with Crippen molar-refractivity contribution < 1.29 is 4.74 Å². The molecule has 0 aliphatic carbocycles. The van der Waals surface area contributed by atoms with Crippen molar-refractivity contribution in [2.45, 2.75) is 19.8 Å². The van der Waals surface area contributed by atoms with Crippen molar-refractivity contribution in [3.63, 3.8) is 0 Å². The molecule has 0 spiro atoms. The standard InChI is InChI=1S/C7H16OS/c1-3-4-5-8-6-7-9-2/h3-7H2,1-2H3. The summed E-state index contributed by atoms with van der Waals surface area (Å²) in [5.74, 6) is 1.13. The van der Waals surface area contributed by atoms with Gasteiger partial charge in [0.05, 0.1) is 6.61 Å². The van der Waals surface area contributed by atoms with E-state index in [1.165, 1.54) is 12.8 Å². The Kier molecular flexibility index (Phi) is 8.60. The van der Waals surface area contributed by atoms with Crippen molar-refractivity contribution in [3.05, 3.63) is 0 Å². The molecule has 0 aromatic rings. The van der Waals surface area contributed by atoms with Crippen LogP contribution in [-0.4, -0.2) is 25.2 Å². The zero-order valence-corrected chi connectivity index (χ0v) is 7.17. The van der Waals surface area contributed by atoms with Gasteiger partial charge in [-0.1, -0.05) is 13.3 Å². The van der Waals surface area contributed by atoms with Gasteiger partial charge in [0.15, 0.2) is 0 Å². The third-order valence-corrected chi connectivity index (χ3v) is 1.65. The van der Waals surface area contributed by atoms with Gasteiger partial charge in [-0.25, -0.2) is 0 Å². The normalized spacial score (nSPS) is 10.0. The third-order valence-electron chi connectivity index (χ3n) is 1.07. The molecule has 56 valence electrons. The SMILES string of the molecule is CCCCOCCSC.